The van der Waals surface area contributed by atoms with Crippen LogP contribution in [-0.2, 0) is 12.8 Å². The minimum atomic E-state index is 0.682. The van der Waals surface area contributed by atoms with Crippen LogP contribution < -0.4 is 9.80 Å². The summed E-state index contributed by atoms with van der Waals surface area (Å²) in [4.78, 5) is 7.89. The van der Waals surface area contributed by atoms with Crippen LogP contribution in [0.4, 0.5) is 11.4 Å². The molecule has 3 heterocycles. The first-order valence-corrected chi connectivity index (χ1v) is 10.7. The normalized spacial score (nSPS) is 24.1. The van der Waals surface area contributed by atoms with Crippen molar-refractivity contribution in [3.63, 3.8) is 0 Å². The largest absolute Gasteiger partial charge is 0.371 e. The molecule has 2 atom stereocenters. The van der Waals surface area contributed by atoms with Crippen molar-refractivity contribution in [2.75, 3.05) is 49.6 Å². The van der Waals surface area contributed by atoms with Gasteiger partial charge in [0.2, 0.25) is 0 Å². The van der Waals surface area contributed by atoms with Gasteiger partial charge in [-0.3, -0.25) is 0 Å². The Morgan fingerprint density at radius 1 is 0.963 bits per heavy atom. The Balaban J connectivity index is 1.34. The molecule has 27 heavy (non-hydrogen) atoms. The molecule has 3 aliphatic rings. The third-order valence-corrected chi connectivity index (χ3v) is 7.08. The van der Waals surface area contributed by atoms with Gasteiger partial charge in [-0.05, 0) is 42.0 Å². The lowest BCUT2D eigenvalue weighted by Gasteiger charge is -2.41. The van der Waals surface area contributed by atoms with Crippen LogP contribution in [0.15, 0.2) is 42.5 Å². The first-order chi connectivity index (χ1) is 13.3. The summed E-state index contributed by atoms with van der Waals surface area (Å²) in [6, 6.07) is 16.7. The Morgan fingerprint density at radius 2 is 1.81 bits per heavy atom. The number of aryl methyl sites for hydroxylation is 1. The Hall–Kier alpha value is -2.00. The van der Waals surface area contributed by atoms with E-state index in [0.717, 1.165) is 13.0 Å². The highest BCUT2D eigenvalue weighted by Gasteiger charge is 2.44. The van der Waals surface area contributed by atoms with Gasteiger partial charge in [0.05, 0.1) is 11.4 Å². The Bertz CT molecular complexity index is 830. The number of nitrogens with zero attached hydrogens (tertiary/aromatic N) is 3. The van der Waals surface area contributed by atoms with Crippen molar-refractivity contribution in [2.45, 2.75) is 38.1 Å². The Labute approximate surface area is 163 Å². The van der Waals surface area contributed by atoms with Crippen LogP contribution in [0, 0.1) is 0 Å². The molecular formula is C24H31N3. The monoisotopic (exact) mass is 361 g/mol. The molecule has 0 aromatic heterocycles. The van der Waals surface area contributed by atoms with E-state index in [-0.39, 0.29) is 0 Å². The van der Waals surface area contributed by atoms with Crippen molar-refractivity contribution in [3.05, 3.63) is 59.2 Å². The molecule has 3 nitrogen and oxygen atoms in total. The van der Waals surface area contributed by atoms with E-state index in [9.17, 15) is 0 Å². The van der Waals surface area contributed by atoms with E-state index in [4.69, 9.17) is 0 Å². The van der Waals surface area contributed by atoms with Gasteiger partial charge in [0, 0.05) is 51.7 Å². The summed E-state index contributed by atoms with van der Waals surface area (Å²) in [6.07, 6.45) is 3.62. The fourth-order valence-electron chi connectivity index (χ4n) is 5.60. The van der Waals surface area contributed by atoms with Crippen LogP contribution in [0.25, 0.3) is 0 Å². The SMILES string of the molecule is CCc1ccccc1CCN1CCC2C(C1)c1cccc3c1N2CCN3C. The molecule has 5 rings (SSSR count). The van der Waals surface area contributed by atoms with E-state index >= 15 is 0 Å². The number of piperidine rings is 1. The van der Waals surface area contributed by atoms with Crippen molar-refractivity contribution < 1.29 is 0 Å². The number of likely N-dealkylation sites (tertiary alicyclic amines) is 1. The topological polar surface area (TPSA) is 9.72 Å². The first-order valence-electron chi connectivity index (χ1n) is 10.7. The molecule has 1 fully saturated rings. The van der Waals surface area contributed by atoms with Crippen LogP contribution in [0.1, 0.15) is 36.0 Å². The molecule has 142 valence electrons. The molecule has 2 aromatic rings. The summed E-state index contributed by atoms with van der Waals surface area (Å²) >= 11 is 0. The number of benzene rings is 2. The number of para-hydroxylation sites is 1. The highest BCUT2D eigenvalue weighted by molar-refractivity contribution is 5.80. The zero-order valence-corrected chi connectivity index (χ0v) is 16.7. The van der Waals surface area contributed by atoms with E-state index in [2.05, 4.69) is 71.1 Å². The van der Waals surface area contributed by atoms with Gasteiger partial charge < -0.3 is 14.7 Å². The molecule has 1 saturated heterocycles. The standard InChI is InChI=1S/C24H31N3/c1-3-18-7-4-5-8-19(18)11-13-26-14-12-22-21(17-26)20-9-6-10-23-24(20)27(22)16-15-25(23)2/h4-10,21-22H,3,11-17H2,1-2H3. The zero-order valence-electron chi connectivity index (χ0n) is 16.7. The summed E-state index contributed by atoms with van der Waals surface area (Å²) in [5, 5.41) is 0. The number of likely N-dealkylation sites (N-methyl/N-ethyl adjacent to an activating group) is 1. The average molecular weight is 362 g/mol. The van der Waals surface area contributed by atoms with Gasteiger partial charge in [-0.15, -0.1) is 0 Å². The number of hydrogen-bond donors (Lipinski definition) is 0. The maximum Gasteiger partial charge on any atom is 0.0644 e. The summed E-state index contributed by atoms with van der Waals surface area (Å²) in [5.74, 6) is 0.682. The van der Waals surface area contributed by atoms with Crippen molar-refractivity contribution in [3.8, 4) is 0 Å². The number of fused-ring (bicyclic) bond motifs is 3. The van der Waals surface area contributed by atoms with E-state index in [1.54, 1.807) is 11.3 Å². The molecule has 3 heteroatoms. The first kappa shape index (κ1) is 17.1. The van der Waals surface area contributed by atoms with Crippen molar-refractivity contribution in [1.29, 1.82) is 0 Å². The second-order valence-corrected chi connectivity index (χ2v) is 8.47. The molecular weight excluding hydrogens is 330 g/mol. The van der Waals surface area contributed by atoms with Gasteiger partial charge in [-0.2, -0.15) is 0 Å². The van der Waals surface area contributed by atoms with Crippen LogP contribution in [-0.4, -0.2) is 50.7 Å². The summed E-state index contributed by atoms with van der Waals surface area (Å²) in [7, 11) is 2.24. The molecule has 0 radical (unpaired) electrons. The van der Waals surface area contributed by atoms with E-state index in [0.29, 0.717) is 12.0 Å². The van der Waals surface area contributed by atoms with Crippen LogP contribution in [0.3, 0.4) is 0 Å². The molecule has 0 aliphatic carbocycles. The smallest absolute Gasteiger partial charge is 0.0644 e. The predicted octanol–water partition coefficient (Wildman–Crippen LogP) is 3.92. The molecule has 0 saturated carbocycles. The fraction of sp³-hybridized carbons (Fsp3) is 0.500. The molecule has 2 unspecified atom stereocenters. The average Bonchev–Trinajstić information content (AvgIpc) is 3.04. The summed E-state index contributed by atoms with van der Waals surface area (Å²) in [5.41, 5.74) is 7.64. The maximum atomic E-state index is 2.74. The molecule has 0 spiro atoms. The van der Waals surface area contributed by atoms with E-state index in [1.807, 2.05) is 0 Å². The number of anilines is 2. The van der Waals surface area contributed by atoms with Crippen LogP contribution in [0.5, 0.6) is 0 Å². The van der Waals surface area contributed by atoms with Crippen molar-refractivity contribution in [2.24, 2.45) is 0 Å². The van der Waals surface area contributed by atoms with Gasteiger partial charge in [-0.1, -0.05) is 43.3 Å². The fourth-order valence-corrected chi connectivity index (χ4v) is 5.60. The molecule has 0 amide bonds. The van der Waals surface area contributed by atoms with E-state index < -0.39 is 0 Å². The lowest BCUT2D eigenvalue weighted by molar-refractivity contribution is 0.195. The van der Waals surface area contributed by atoms with E-state index in [1.165, 1.54) is 55.8 Å². The van der Waals surface area contributed by atoms with Crippen LogP contribution in [0.2, 0.25) is 0 Å². The quantitative estimate of drug-likeness (QED) is 0.817. The molecule has 2 aromatic carbocycles. The predicted molar refractivity (Wildman–Crippen MR) is 114 cm³/mol. The highest BCUT2D eigenvalue weighted by Crippen LogP contribution is 2.50. The second kappa shape index (κ2) is 6.87. The lowest BCUT2D eigenvalue weighted by Crippen LogP contribution is -2.49. The minimum Gasteiger partial charge on any atom is -0.371 e. The van der Waals surface area contributed by atoms with Gasteiger partial charge >= 0.3 is 0 Å². The zero-order chi connectivity index (χ0) is 18.4. The highest BCUT2D eigenvalue weighted by atomic mass is 15.3. The van der Waals surface area contributed by atoms with Gasteiger partial charge in [0.1, 0.15) is 0 Å². The number of rotatable bonds is 4. The Kier molecular flexibility index (Phi) is 4.35. The molecule has 3 aliphatic heterocycles. The van der Waals surface area contributed by atoms with Crippen molar-refractivity contribution in [1.82, 2.24) is 4.90 Å². The molecule has 0 N–H and O–H groups in total. The van der Waals surface area contributed by atoms with Gasteiger partial charge in [0.25, 0.3) is 0 Å². The minimum absolute atomic E-state index is 0.682. The lowest BCUT2D eigenvalue weighted by atomic mass is 9.88. The summed E-state index contributed by atoms with van der Waals surface area (Å²) in [6.45, 7) is 8.25. The van der Waals surface area contributed by atoms with Gasteiger partial charge in [0.15, 0.2) is 0 Å². The van der Waals surface area contributed by atoms with Crippen LogP contribution >= 0.6 is 0 Å². The van der Waals surface area contributed by atoms with Crippen molar-refractivity contribution >= 4 is 11.4 Å². The third kappa shape index (κ3) is 2.84. The number of hydrogen-bond acceptors (Lipinski definition) is 3. The second-order valence-electron chi connectivity index (χ2n) is 8.47. The third-order valence-electron chi connectivity index (χ3n) is 7.08. The maximum absolute atomic E-state index is 2.74. The summed E-state index contributed by atoms with van der Waals surface area (Å²) < 4.78 is 0. The molecule has 0 bridgehead atoms. The Morgan fingerprint density at radius 3 is 2.67 bits per heavy atom. The van der Waals surface area contributed by atoms with Gasteiger partial charge in [-0.25, -0.2) is 0 Å².